The van der Waals surface area contributed by atoms with E-state index in [0.717, 1.165) is 36.4 Å². The Morgan fingerprint density at radius 1 is 1.32 bits per heavy atom. The van der Waals surface area contributed by atoms with Crippen molar-refractivity contribution in [1.82, 2.24) is 25.1 Å². The number of nitrogens with zero attached hydrogens (tertiary/aromatic N) is 5. The first-order valence-corrected chi connectivity index (χ1v) is 8.42. The number of nitrogens with two attached hydrogens (primary N) is 1. The molecule has 0 bridgehead atoms. The summed E-state index contributed by atoms with van der Waals surface area (Å²) >= 11 is 0. The molecule has 8 heteroatoms. The lowest BCUT2D eigenvalue weighted by Crippen LogP contribution is -2.34. The fraction of sp³-hybridized carbons (Fsp3) is 0.412. The summed E-state index contributed by atoms with van der Waals surface area (Å²) in [6.07, 6.45) is 2.81. The second-order valence-electron chi connectivity index (χ2n) is 7.56. The van der Waals surface area contributed by atoms with Gasteiger partial charge in [0.25, 0.3) is 0 Å². The largest absolute Gasteiger partial charge is 0.338 e. The summed E-state index contributed by atoms with van der Waals surface area (Å²) in [6.45, 7) is 5.85. The third-order valence-electron chi connectivity index (χ3n) is 5.49. The predicted molar refractivity (Wildman–Crippen MR) is 95.8 cm³/mol. The zero-order valence-corrected chi connectivity index (χ0v) is 14.2. The Morgan fingerprint density at radius 2 is 2.20 bits per heavy atom. The lowest BCUT2D eigenvalue weighted by molar-refractivity contribution is 0.556. The van der Waals surface area contributed by atoms with Crippen LogP contribution >= 0.6 is 0 Å². The minimum atomic E-state index is -0.109. The summed E-state index contributed by atoms with van der Waals surface area (Å²) in [7, 11) is 0. The molecule has 4 heterocycles. The van der Waals surface area contributed by atoms with Crippen LogP contribution in [-0.4, -0.2) is 43.8 Å². The number of hydrogen-bond donors (Lipinski definition) is 3. The van der Waals surface area contributed by atoms with Gasteiger partial charge in [0.05, 0.1) is 5.39 Å². The van der Waals surface area contributed by atoms with Gasteiger partial charge in [-0.05, 0) is 25.5 Å². The van der Waals surface area contributed by atoms with Gasteiger partial charge in [0.1, 0.15) is 5.82 Å². The van der Waals surface area contributed by atoms with Gasteiger partial charge >= 0.3 is 0 Å². The highest BCUT2D eigenvalue weighted by Gasteiger charge is 2.67. The summed E-state index contributed by atoms with van der Waals surface area (Å²) in [6, 6.07) is 5.78. The van der Waals surface area contributed by atoms with Crippen LogP contribution in [0.3, 0.4) is 0 Å². The smallest absolute Gasteiger partial charge is 0.229 e. The molecule has 2 fully saturated rings. The average Bonchev–Trinajstić information content (AvgIpc) is 2.85. The Balaban J connectivity index is 1.56. The molecule has 8 nitrogen and oxygen atoms in total. The molecular weight excluding hydrogens is 316 g/mol. The second-order valence-corrected chi connectivity index (χ2v) is 7.56. The van der Waals surface area contributed by atoms with Crippen molar-refractivity contribution in [3.63, 3.8) is 0 Å². The van der Waals surface area contributed by atoms with Gasteiger partial charge in [-0.25, -0.2) is 4.98 Å². The van der Waals surface area contributed by atoms with Gasteiger partial charge in [-0.2, -0.15) is 15.1 Å². The summed E-state index contributed by atoms with van der Waals surface area (Å²) in [4.78, 5) is 16.0. The van der Waals surface area contributed by atoms with E-state index in [9.17, 15) is 0 Å². The van der Waals surface area contributed by atoms with Gasteiger partial charge < -0.3 is 16.0 Å². The lowest BCUT2D eigenvalue weighted by atomic mass is 10.1. The molecular formula is C17H20N8. The molecule has 5 rings (SSSR count). The molecule has 0 amide bonds. The van der Waals surface area contributed by atoms with Crippen LogP contribution in [0.15, 0.2) is 24.4 Å². The first-order valence-electron chi connectivity index (χ1n) is 8.42. The molecule has 2 unspecified atom stereocenters. The molecule has 0 radical (unpaired) electrons. The zero-order chi connectivity index (χ0) is 17.2. The number of rotatable bonds is 3. The van der Waals surface area contributed by atoms with Crippen molar-refractivity contribution in [3.8, 4) is 0 Å². The number of piperidine rings is 1. The van der Waals surface area contributed by atoms with Gasteiger partial charge in [0, 0.05) is 42.0 Å². The minimum Gasteiger partial charge on any atom is -0.338 e. The van der Waals surface area contributed by atoms with Gasteiger partial charge in [0.2, 0.25) is 5.95 Å². The van der Waals surface area contributed by atoms with E-state index in [-0.39, 0.29) is 11.0 Å². The topological polar surface area (TPSA) is 109 Å². The van der Waals surface area contributed by atoms with Crippen molar-refractivity contribution in [3.05, 3.63) is 30.1 Å². The summed E-state index contributed by atoms with van der Waals surface area (Å²) < 4.78 is 0. The summed E-state index contributed by atoms with van der Waals surface area (Å²) in [5.41, 5.74) is 8.16. The van der Waals surface area contributed by atoms with E-state index >= 15 is 0 Å². The third-order valence-corrected chi connectivity index (χ3v) is 5.49. The third kappa shape index (κ3) is 2.17. The molecule has 3 aromatic heterocycles. The first-order chi connectivity index (χ1) is 12.0. The Kier molecular flexibility index (Phi) is 2.72. The maximum Gasteiger partial charge on any atom is 0.229 e. The molecule has 25 heavy (non-hydrogen) atoms. The van der Waals surface area contributed by atoms with Gasteiger partial charge in [-0.1, -0.05) is 6.92 Å². The quantitative estimate of drug-likeness (QED) is 0.668. The summed E-state index contributed by atoms with van der Waals surface area (Å²) in [5.74, 6) is 2.09. The van der Waals surface area contributed by atoms with Gasteiger partial charge in [-0.3, -0.25) is 5.10 Å². The fourth-order valence-corrected chi connectivity index (χ4v) is 3.86. The van der Waals surface area contributed by atoms with Crippen molar-refractivity contribution < 1.29 is 0 Å². The van der Waals surface area contributed by atoms with Crippen LogP contribution in [0.1, 0.15) is 19.0 Å². The number of aromatic nitrogens is 5. The Labute approximate surface area is 144 Å². The fourth-order valence-electron chi connectivity index (χ4n) is 3.86. The standard InChI is InChI=1S/C17H20N8/c1-10-6-12(24-23-10)20-14-11-4-3-5-19-13(11)21-15(22-14)25-8-16(2)7-17(16,18)9-25/h3-6H,7-9,18H2,1-2H3,(H2,19,20,21,22,23,24). The first kappa shape index (κ1) is 14.6. The SMILES string of the molecule is Cc1cc(Nc2nc(N3CC4(C)CC4(N)C3)nc3ncccc23)n[nH]1. The molecule has 0 aromatic carbocycles. The van der Waals surface area contributed by atoms with Crippen molar-refractivity contribution in [2.75, 3.05) is 23.3 Å². The monoisotopic (exact) mass is 336 g/mol. The Hall–Kier alpha value is -2.74. The zero-order valence-electron chi connectivity index (χ0n) is 14.2. The van der Waals surface area contributed by atoms with E-state index in [4.69, 9.17) is 10.7 Å². The highest BCUT2D eigenvalue weighted by molar-refractivity contribution is 5.89. The van der Waals surface area contributed by atoms with Crippen LogP contribution < -0.4 is 16.0 Å². The second kappa shape index (κ2) is 4.66. The highest BCUT2D eigenvalue weighted by atomic mass is 15.3. The molecule has 128 valence electrons. The molecule has 2 aliphatic rings. The van der Waals surface area contributed by atoms with E-state index in [0.29, 0.717) is 17.4 Å². The van der Waals surface area contributed by atoms with Crippen molar-refractivity contribution in [1.29, 1.82) is 0 Å². The highest BCUT2D eigenvalue weighted by Crippen LogP contribution is 2.59. The maximum atomic E-state index is 6.45. The van der Waals surface area contributed by atoms with Crippen molar-refractivity contribution >= 4 is 28.6 Å². The summed E-state index contributed by atoms with van der Waals surface area (Å²) in [5, 5.41) is 11.3. The molecule has 1 aliphatic heterocycles. The van der Waals surface area contributed by atoms with E-state index in [1.807, 2.05) is 25.1 Å². The van der Waals surface area contributed by atoms with Crippen LogP contribution in [-0.2, 0) is 0 Å². The van der Waals surface area contributed by atoms with E-state index in [2.05, 4.69) is 37.3 Å². The lowest BCUT2D eigenvalue weighted by Gasteiger charge is -2.21. The molecule has 1 saturated carbocycles. The number of anilines is 3. The van der Waals surface area contributed by atoms with Crippen LogP contribution in [0.5, 0.6) is 0 Å². The van der Waals surface area contributed by atoms with Crippen LogP contribution in [0.2, 0.25) is 0 Å². The van der Waals surface area contributed by atoms with Crippen LogP contribution in [0, 0.1) is 12.3 Å². The average molecular weight is 336 g/mol. The number of nitrogens with one attached hydrogen (secondary N) is 2. The van der Waals surface area contributed by atoms with E-state index in [1.165, 1.54) is 0 Å². The van der Waals surface area contributed by atoms with Gasteiger partial charge in [0.15, 0.2) is 11.5 Å². The molecule has 0 spiro atoms. The molecule has 1 aliphatic carbocycles. The number of pyridine rings is 1. The number of aromatic amines is 1. The Morgan fingerprint density at radius 3 is 2.92 bits per heavy atom. The van der Waals surface area contributed by atoms with E-state index < -0.39 is 0 Å². The van der Waals surface area contributed by atoms with Crippen LogP contribution in [0.4, 0.5) is 17.6 Å². The number of fused-ring (bicyclic) bond motifs is 2. The maximum absolute atomic E-state index is 6.45. The minimum absolute atomic E-state index is 0.109. The number of H-pyrrole nitrogens is 1. The van der Waals surface area contributed by atoms with E-state index in [1.54, 1.807) is 6.20 Å². The molecule has 1 saturated heterocycles. The Bertz CT molecular complexity index is 966. The van der Waals surface area contributed by atoms with Crippen molar-refractivity contribution in [2.24, 2.45) is 11.1 Å². The molecule has 4 N–H and O–H groups in total. The molecule has 2 atom stereocenters. The number of hydrogen-bond acceptors (Lipinski definition) is 7. The van der Waals surface area contributed by atoms with Crippen molar-refractivity contribution in [2.45, 2.75) is 25.8 Å². The van der Waals surface area contributed by atoms with Gasteiger partial charge in [-0.15, -0.1) is 0 Å². The molecule has 3 aromatic rings. The number of aryl methyl sites for hydroxylation is 1. The predicted octanol–water partition coefficient (Wildman–Crippen LogP) is 1.73. The van der Waals surface area contributed by atoms with Crippen LogP contribution in [0.25, 0.3) is 11.0 Å². The normalized spacial score (nSPS) is 27.6.